The van der Waals surface area contributed by atoms with Crippen molar-refractivity contribution >= 4 is 23.5 Å². The number of anilines is 1. The standard InChI is InChI=1S/C21H22N2O5/c24-18(25)13-22-20(26)15-8-10-16(11-9-15)23-21(27)17-7-4-12-28-19(17)14-5-2-1-3-6-14/h1-3,5-6,8-11,17,19H,4,7,12-13H2,(H,22,26)(H,23,27)(H,24,25). The Morgan fingerprint density at radius 2 is 1.75 bits per heavy atom. The van der Waals surface area contributed by atoms with Crippen LogP contribution in [0.3, 0.4) is 0 Å². The number of rotatable bonds is 6. The summed E-state index contributed by atoms with van der Waals surface area (Å²) >= 11 is 0. The van der Waals surface area contributed by atoms with Crippen LogP contribution in [-0.4, -0.2) is 36.0 Å². The Balaban J connectivity index is 1.64. The molecule has 7 heteroatoms. The fourth-order valence-electron chi connectivity index (χ4n) is 3.22. The number of carboxylic acids is 1. The molecule has 2 atom stereocenters. The Hall–Kier alpha value is -3.19. The van der Waals surface area contributed by atoms with Crippen LogP contribution in [0.2, 0.25) is 0 Å². The molecule has 1 aliphatic rings. The minimum Gasteiger partial charge on any atom is -0.480 e. The van der Waals surface area contributed by atoms with E-state index in [-0.39, 0.29) is 17.9 Å². The van der Waals surface area contributed by atoms with Crippen molar-refractivity contribution in [3.63, 3.8) is 0 Å². The predicted molar refractivity (Wildman–Crippen MR) is 103 cm³/mol. The van der Waals surface area contributed by atoms with Gasteiger partial charge in [-0.05, 0) is 42.7 Å². The molecule has 1 saturated heterocycles. The van der Waals surface area contributed by atoms with Crippen LogP contribution in [0, 0.1) is 5.92 Å². The molecule has 1 heterocycles. The van der Waals surface area contributed by atoms with E-state index in [1.54, 1.807) is 24.3 Å². The maximum absolute atomic E-state index is 12.8. The molecule has 2 aromatic rings. The fraction of sp³-hybridized carbons (Fsp3) is 0.286. The second kappa shape index (κ2) is 9.14. The van der Waals surface area contributed by atoms with Crippen molar-refractivity contribution in [3.05, 3.63) is 65.7 Å². The maximum Gasteiger partial charge on any atom is 0.322 e. The monoisotopic (exact) mass is 382 g/mol. The molecule has 0 aromatic heterocycles. The molecular formula is C21H22N2O5. The zero-order valence-corrected chi connectivity index (χ0v) is 15.3. The molecule has 3 rings (SSSR count). The third kappa shape index (κ3) is 4.95. The van der Waals surface area contributed by atoms with Crippen LogP contribution < -0.4 is 10.6 Å². The molecule has 1 aliphatic heterocycles. The SMILES string of the molecule is O=C(O)CNC(=O)c1ccc(NC(=O)C2CCCOC2c2ccccc2)cc1. The van der Waals surface area contributed by atoms with Gasteiger partial charge >= 0.3 is 5.97 Å². The van der Waals surface area contributed by atoms with Crippen molar-refractivity contribution in [1.82, 2.24) is 5.32 Å². The molecule has 0 spiro atoms. The smallest absolute Gasteiger partial charge is 0.322 e. The van der Waals surface area contributed by atoms with E-state index in [9.17, 15) is 14.4 Å². The third-order valence-corrected chi connectivity index (χ3v) is 4.60. The Labute approximate surface area is 162 Å². The molecule has 1 fully saturated rings. The summed E-state index contributed by atoms with van der Waals surface area (Å²) in [5, 5.41) is 13.8. The summed E-state index contributed by atoms with van der Waals surface area (Å²) < 4.78 is 5.87. The first kappa shape index (κ1) is 19.6. The van der Waals surface area contributed by atoms with E-state index in [1.807, 2.05) is 30.3 Å². The number of hydrogen-bond acceptors (Lipinski definition) is 4. The van der Waals surface area contributed by atoms with Crippen molar-refractivity contribution in [2.24, 2.45) is 5.92 Å². The molecule has 2 amide bonds. The van der Waals surface area contributed by atoms with Crippen molar-refractivity contribution in [3.8, 4) is 0 Å². The van der Waals surface area contributed by atoms with E-state index in [2.05, 4.69) is 10.6 Å². The first-order chi connectivity index (χ1) is 13.5. The van der Waals surface area contributed by atoms with Gasteiger partial charge in [0.05, 0.1) is 12.0 Å². The average Bonchev–Trinajstić information content (AvgIpc) is 2.73. The van der Waals surface area contributed by atoms with Gasteiger partial charge in [-0.3, -0.25) is 14.4 Å². The van der Waals surface area contributed by atoms with Crippen LogP contribution in [0.25, 0.3) is 0 Å². The largest absolute Gasteiger partial charge is 0.480 e. The zero-order valence-electron chi connectivity index (χ0n) is 15.3. The Bertz CT molecular complexity index is 836. The van der Waals surface area contributed by atoms with Crippen LogP contribution in [-0.2, 0) is 14.3 Å². The predicted octanol–water partition coefficient (Wildman–Crippen LogP) is 2.61. The first-order valence-electron chi connectivity index (χ1n) is 9.12. The number of carbonyl (C=O) groups excluding carboxylic acids is 2. The third-order valence-electron chi connectivity index (χ3n) is 4.60. The topological polar surface area (TPSA) is 105 Å². The summed E-state index contributed by atoms with van der Waals surface area (Å²) in [6, 6.07) is 16.0. The summed E-state index contributed by atoms with van der Waals surface area (Å²) in [4.78, 5) is 35.2. The highest BCUT2D eigenvalue weighted by molar-refractivity contribution is 5.97. The van der Waals surface area contributed by atoms with Gasteiger partial charge in [-0.15, -0.1) is 0 Å². The van der Waals surface area contributed by atoms with Crippen molar-refractivity contribution in [1.29, 1.82) is 0 Å². The van der Waals surface area contributed by atoms with Gasteiger partial charge < -0.3 is 20.5 Å². The van der Waals surface area contributed by atoms with Gasteiger partial charge in [-0.25, -0.2) is 0 Å². The number of carbonyl (C=O) groups is 3. The highest BCUT2D eigenvalue weighted by Crippen LogP contribution is 2.34. The molecular weight excluding hydrogens is 360 g/mol. The molecule has 0 radical (unpaired) electrons. The van der Waals surface area contributed by atoms with Crippen LogP contribution in [0.15, 0.2) is 54.6 Å². The maximum atomic E-state index is 12.8. The number of amides is 2. The quantitative estimate of drug-likeness (QED) is 0.712. The lowest BCUT2D eigenvalue weighted by atomic mass is 9.88. The van der Waals surface area contributed by atoms with E-state index >= 15 is 0 Å². The van der Waals surface area contributed by atoms with E-state index in [1.165, 1.54) is 0 Å². The first-order valence-corrected chi connectivity index (χ1v) is 9.12. The zero-order chi connectivity index (χ0) is 19.9. The summed E-state index contributed by atoms with van der Waals surface area (Å²) in [7, 11) is 0. The molecule has 0 bridgehead atoms. The van der Waals surface area contributed by atoms with E-state index in [0.29, 0.717) is 17.9 Å². The Morgan fingerprint density at radius 3 is 2.43 bits per heavy atom. The minimum absolute atomic E-state index is 0.128. The van der Waals surface area contributed by atoms with Gasteiger partial charge in [0.25, 0.3) is 5.91 Å². The molecule has 0 aliphatic carbocycles. The highest BCUT2D eigenvalue weighted by atomic mass is 16.5. The Kier molecular flexibility index (Phi) is 6.39. The highest BCUT2D eigenvalue weighted by Gasteiger charge is 2.33. The van der Waals surface area contributed by atoms with Crippen LogP contribution in [0.5, 0.6) is 0 Å². The van der Waals surface area contributed by atoms with Gasteiger partial charge in [0.1, 0.15) is 6.54 Å². The average molecular weight is 382 g/mol. The van der Waals surface area contributed by atoms with Crippen LogP contribution in [0.4, 0.5) is 5.69 Å². The number of ether oxygens (including phenoxy) is 1. The summed E-state index contributed by atoms with van der Waals surface area (Å²) in [5.41, 5.74) is 1.87. The lowest BCUT2D eigenvalue weighted by Crippen LogP contribution is -2.33. The summed E-state index contributed by atoms with van der Waals surface area (Å²) in [6.45, 7) is 0.184. The second-order valence-corrected chi connectivity index (χ2v) is 6.59. The summed E-state index contributed by atoms with van der Waals surface area (Å²) in [5.74, 6) is -2.02. The molecule has 7 nitrogen and oxygen atoms in total. The number of benzene rings is 2. The Morgan fingerprint density at radius 1 is 1.04 bits per heavy atom. The number of nitrogens with one attached hydrogen (secondary N) is 2. The van der Waals surface area contributed by atoms with Gasteiger partial charge in [0.15, 0.2) is 0 Å². The van der Waals surface area contributed by atoms with Gasteiger partial charge in [0.2, 0.25) is 5.91 Å². The minimum atomic E-state index is -1.11. The number of carboxylic acid groups (broad SMARTS) is 1. The molecule has 3 N–H and O–H groups in total. The van der Waals surface area contributed by atoms with E-state index < -0.39 is 18.4 Å². The van der Waals surface area contributed by atoms with Crippen molar-refractivity contribution < 1.29 is 24.2 Å². The van der Waals surface area contributed by atoms with Crippen molar-refractivity contribution in [2.45, 2.75) is 18.9 Å². The lowest BCUT2D eigenvalue weighted by molar-refractivity contribution is -0.135. The molecule has 0 saturated carbocycles. The molecule has 2 aromatic carbocycles. The normalized spacial score (nSPS) is 18.9. The lowest BCUT2D eigenvalue weighted by Gasteiger charge is -2.31. The van der Waals surface area contributed by atoms with Gasteiger partial charge in [-0.2, -0.15) is 0 Å². The fourth-order valence-corrected chi connectivity index (χ4v) is 3.22. The number of hydrogen-bond donors (Lipinski definition) is 3. The molecule has 28 heavy (non-hydrogen) atoms. The number of aliphatic carboxylic acids is 1. The second-order valence-electron chi connectivity index (χ2n) is 6.59. The van der Waals surface area contributed by atoms with E-state index in [0.717, 1.165) is 18.4 Å². The van der Waals surface area contributed by atoms with Crippen LogP contribution in [0.1, 0.15) is 34.9 Å². The van der Waals surface area contributed by atoms with E-state index in [4.69, 9.17) is 9.84 Å². The van der Waals surface area contributed by atoms with Gasteiger partial charge in [0, 0.05) is 17.9 Å². The summed E-state index contributed by atoms with van der Waals surface area (Å²) in [6.07, 6.45) is 1.28. The molecule has 2 unspecified atom stereocenters. The molecule has 146 valence electrons. The van der Waals surface area contributed by atoms with Crippen LogP contribution >= 0.6 is 0 Å². The van der Waals surface area contributed by atoms with Crippen molar-refractivity contribution in [2.75, 3.05) is 18.5 Å². The van der Waals surface area contributed by atoms with Gasteiger partial charge in [-0.1, -0.05) is 30.3 Å².